The van der Waals surface area contributed by atoms with Crippen LogP contribution in [0.2, 0.25) is 5.02 Å². The standard InChI is InChI=1S/C26H30N4O5.C8H7ClF.C2H6.CH4O.Cr/c1-34-23-12-16(15-31)11-21-25(23)27-24(30(21)13-17-7-10-35-17)14-28-8-9-29(19-6-5-18(19)28)20-3-2-4-22(32)26(20)33;1-2-6-3-4-7(9)5-8(6)10;2*1-2;/h2-4,11-12,15,17-19,32-33H,5-10,13-14H2,1H3;2-5H,1H3;1-2H3;2H,1H3;/q;-1;;;. The summed E-state index contributed by atoms with van der Waals surface area (Å²) >= 11 is 5.52. The second-order valence-corrected chi connectivity index (χ2v) is 12.0. The van der Waals surface area contributed by atoms with E-state index in [0.29, 0.717) is 46.7 Å². The van der Waals surface area contributed by atoms with Gasteiger partial charge in [0.05, 0.1) is 37.5 Å². The van der Waals surface area contributed by atoms with Gasteiger partial charge < -0.3 is 34.3 Å². The number of piperazine rings is 1. The van der Waals surface area contributed by atoms with Crippen LogP contribution >= 0.6 is 11.6 Å². The normalized spacial score (nSPS) is 19.0. The minimum atomic E-state index is -0.269. The summed E-state index contributed by atoms with van der Waals surface area (Å²) in [6, 6.07) is 14.0. The molecular formula is C37H47ClCrFN4O6-. The van der Waals surface area contributed by atoms with Crippen molar-refractivity contribution in [2.24, 2.45) is 0 Å². The third-order valence-electron chi connectivity index (χ3n) is 9.08. The van der Waals surface area contributed by atoms with Crippen LogP contribution < -0.4 is 9.64 Å². The Bertz CT molecular complexity index is 1700. The number of aldehydes is 1. The zero-order valence-corrected chi connectivity index (χ0v) is 31.2. The first kappa shape index (κ1) is 40.9. The molecule has 4 aromatic rings. The summed E-state index contributed by atoms with van der Waals surface area (Å²) in [6.45, 7) is 9.51. The van der Waals surface area contributed by atoms with E-state index in [1.54, 1.807) is 44.7 Å². The van der Waals surface area contributed by atoms with Gasteiger partial charge in [0.25, 0.3) is 0 Å². The first-order valence-corrected chi connectivity index (χ1v) is 17.0. The number of hydrogen-bond donors (Lipinski definition) is 3. The fourth-order valence-electron chi connectivity index (χ4n) is 6.43. The number of carbonyl (C=O) groups excluding carboxylic acids is 1. The van der Waals surface area contributed by atoms with Crippen LogP contribution in [-0.4, -0.2) is 88.2 Å². The van der Waals surface area contributed by atoms with E-state index in [0.717, 1.165) is 69.2 Å². The maximum absolute atomic E-state index is 12.7. The van der Waals surface area contributed by atoms with E-state index in [9.17, 15) is 19.4 Å². The molecule has 3 unspecified atom stereocenters. The molecule has 1 aromatic heterocycles. The Labute approximate surface area is 309 Å². The molecule has 10 nitrogen and oxygen atoms in total. The zero-order chi connectivity index (χ0) is 35.7. The molecule has 3 fully saturated rings. The van der Waals surface area contributed by atoms with Crippen molar-refractivity contribution in [2.75, 3.05) is 38.8 Å². The number of phenols is 2. The molecule has 272 valence electrons. The summed E-state index contributed by atoms with van der Waals surface area (Å²) < 4.78 is 26.2. The van der Waals surface area contributed by atoms with E-state index >= 15 is 0 Å². The Morgan fingerprint density at radius 3 is 2.38 bits per heavy atom. The van der Waals surface area contributed by atoms with Gasteiger partial charge in [-0.15, -0.1) is 0 Å². The second kappa shape index (κ2) is 19.2. The molecule has 3 aromatic carbocycles. The molecule has 3 N–H and O–H groups in total. The molecule has 0 bridgehead atoms. The van der Waals surface area contributed by atoms with Crippen LogP contribution in [0, 0.1) is 12.2 Å². The molecule has 0 amide bonds. The number of aromatic hydroxyl groups is 2. The van der Waals surface area contributed by atoms with Gasteiger partial charge in [0, 0.05) is 72.7 Å². The summed E-state index contributed by atoms with van der Waals surface area (Å²) in [6.07, 6.45) is 5.82. The Kier molecular flexibility index (Phi) is 15.7. The van der Waals surface area contributed by atoms with Crippen molar-refractivity contribution in [1.29, 1.82) is 0 Å². The summed E-state index contributed by atoms with van der Waals surface area (Å²) in [5, 5.41) is 27.9. The van der Waals surface area contributed by atoms with E-state index in [4.69, 9.17) is 31.2 Å². The Hall–Kier alpha value is -3.50. The third-order valence-corrected chi connectivity index (χ3v) is 9.31. The molecule has 0 radical (unpaired) electrons. The van der Waals surface area contributed by atoms with Crippen molar-refractivity contribution in [1.82, 2.24) is 14.5 Å². The van der Waals surface area contributed by atoms with Crippen LogP contribution in [0.3, 0.4) is 0 Å². The zero-order valence-electron chi connectivity index (χ0n) is 29.2. The van der Waals surface area contributed by atoms with Crippen LogP contribution in [0.5, 0.6) is 17.2 Å². The van der Waals surface area contributed by atoms with E-state index in [1.165, 1.54) is 12.1 Å². The third kappa shape index (κ3) is 8.86. The van der Waals surface area contributed by atoms with Crippen molar-refractivity contribution in [2.45, 2.75) is 71.3 Å². The predicted molar refractivity (Wildman–Crippen MR) is 190 cm³/mol. The SMILES string of the molecule is CC.CO.COc1cc(C=O)cc2c1nc(CN1CCN(c3cccc(O)c3O)C3CCC31)n2CC1CCO1.C[CH-]c1ccc(Cl)cc1F.[Cr]. The van der Waals surface area contributed by atoms with Gasteiger partial charge in [-0.05, 0) is 43.5 Å². The molecule has 50 heavy (non-hydrogen) atoms. The summed E-state index contributed by atoms with van der Waals surface area (Å²) in [4.78, 5) is 21.3. The molecule has 3 heterocycles. The molecule has 1 saturated carbocycles. The fraction of sp³-hybridized carbons (Fsp3) is 0.432. The number of carbonyl (C=O) groups is 1. The number of aliphatic hydroxyl groups excluding tert-OH is 1. The fourth-order valence-corrected chi connectivity index (χ4v) is 6.59. The van der Waals surface area contributed by atoms with E-state index < -0.39 is 0 Å². The van der Waals surface area contributed by atoms with Gasteiger partial charge in [-0.3, -0.25) is 14.1 Å². The number of halogens is 2. The van der Waals surface area contributed by atoms with Crippen LogP contribution in [0.15, 0.2) is 48.5 Å². The van der Waals surface area contributed by atoms with Crippen LogP contribution in [0.4, 0.5) is 10.1 Å². The number of rotatable bonds is 8. The van der Waals surface area contributed by atoms with E-state index in [2.05, 4.69) is 14.4 Å². The minimum Gasteiger partial charge on any atom is -0.504 e. The summed E-state index contributed by atoms with van der Waals surface area (Å²) in [7, 11) is 2.60. The van der Waals surface area contributed by atoms with Crippen LogP contribution in [0.1, 0.15) is 61.8 Å². The Balaban J connectivity index is 0.000000385. The quantitative estimate of drug-likeness (QED) is 0.104. The number of benzene rings is 3. The molecule has 2 saturated heterocycles. The van der Waals surface area contributed by atoms with Gasteiger partial charge in [-0.1, -0.05) is 50.6 Å². The van der Waals surface area contributed by atoms with Gasteiger partial charge in [0.15, 0.2) is 11.5 Å². The molecule has 13 heteroatoms. The van der Waals surface area contributed by atoms with Crippen molar-refractivity contribution >= 4 is 34.6 Å². The number of nitrogens with zero attached hydrogens (tertiary/aromatic N) is 4. The van der Waals surface area contributed by atoms with Gasteiger partial charge in [0.2, 0.25) is 0 Å². The number of ether oxygens (including phenoxy) is 2. The van der Waals surface area contributed by atoms with Gasteiger partial charge in [0.1, 0.15) is 23.4 Å². The maximum atomic E-state index is 12.7. The van der Waals surface area contributed by atoms with Crippen LogP contribution in [-0.2, 0) is 35.2 Å². The first-order chi connectivity index (χ1) is 23.8. The first-order valence-electron chi connectivity index (χ1n) is 16.7. The van der Waals surface area contributed by atoms with Gasteiger partial charge in [-0.25, -0.2) is 4.98 Å². The molecule has 0 spiro atoms. The number of aromatic nitrogens is 2. The molecule has 1 aliphatic carbocycles. The summed E-state index contributed by atoms with van der Waals surface area (Å²) in [5.74, 6) is 1.14. The molecule has 2 aliphatic heterocycles. The van der Waals surface area contributed by atoms with Crippen molar-refractivity contribution in [3.63, 3.8) is 0 Å². The Morgan fingerprint density at radius 2 is 1.80 bits per heavy atom. The maximum Gasteiger partial charge on any atom is 0.181 e. The Morgan fingerprint density at radius 1 is 1.08 bits per heavy atom. The number of methoxy groups -OCH3 is 1. The average Bonchev–Trinajstić information content (AvgIpc) is 3.42. The summed E-state index contributed by atoms with van der Waals surface area (Å²) in [5.41, 5.74) is 3.51. The van der Waals surface area contributed by atoms with Crippen LogP contribution in [0.25, 0.3) is 11.0 Å². The number of para-hydroxylation sites is 1. The largest absolute Gasteiger partial charge is 0.504 e. The average molecular weight is 750 g/mol. The van der Waals surface area contributed by atoms with Gasteiger partial charge in [-0.2, -0.15) is 18.1 Å². The number of fused-ring (bicyclic) bond motifs is 2. The second-order valence-electron chi connectivity index (χ2n) is 11.6. The van der Waals surface area contributed by atoms with E-state index in [-0.39, 0.29) is 46.8 Å². The topological polar surface area (TPSA) is 121 Å². The monoisotopic (exact) mass is 749 g/mol. The van der Waals surface area contributed by atoms with E-state index in [1.807, 2.05) is 26.0 Å². The minimum absolute atomic E-state index is 0. The van der Waals surface area contributed by atoms with Crippen molar-refractivity contribution in [3.05, 3.63) is 82.7 Å². The molecule has 3 aliphatic rings. The van der Waals surface area contributed by atoms with Gasteiger partial charge >= 0.3 is 0 Å². The van der Waals surface area contributed by atoms with Crippen molar-refractivity contribution in [3.8, 4) is 17.2 Å². The number of imidazole rings is 1. The number of phenolic OH excluding ortho intramolecular Hbond substituents is 2. The van der Waals surface area contributed by atoms with Crippen molar-refractivity contribution < 1.29 is 51.3 Å². The molecular weight excluding hydrogens is 703 g/mol. The molecule has 3 atom stereocenters. The number of anilines is 1. The number of aliphatic hydroxyl groups is 1. The smallest absolute Gasteiger partial charge is 0.181 e. The number of hydrogen-bond acceptors (Lipinski definition) is 9. The molecule has 7 rings (SSSR count). The predicted octanol–water partition coefficient (Wildman–Crippen LogP) is 6.59.